The van der Waals surface area contributed by atoms with Gasteiger partial charge in [-0.25, -0.2) is 14.3 Å². The lowest BCUT2D eigenvalue weighted by atomic mass is 9.95. The van der Waals surface area contributed by atoms with Gasteiger partial charge in [-0.05, 0) is 43.5 Å². The van der Waals surface area contributed by atoms with Crippen LogP contribution in [-0.4, -0.2) is 32.9 Å². The minimum Gasteiger partial charge on any atom is -0.488 e. The predicted molar refractivity (Wildman–Crippen MR) is 107 cm³/mol. The number of nitrogens with zero attached hydrogens (tertiary/aromatic N) is 3. The van der Waals surface area contributed by atoms with Crippen LogP contribution in [0.15, 0.2) is 42.7 Å². The zero-order valence-electron chi connectivity index (χ0n) is 16.1. The van der Waals surface area contributed by atoms with Gasteiger partial charge in [0, 0.05) is 17.8 Å². The van der Waals surface area contributed by atoms with Gasteiger partial charge in [-0.3, -0.25) is 0 Å². The monoisotopic (exact) mass is 402 g/mol. The van der Waals surface area contributed by atoms with Crippen LogP contribution in [0.5, 0.6) is 5.75 Å². The van der Waals surface area contributed by atoms with E-state index in [0.29, 0.717) is 23.1 Å². The summed E-state index contributed by atoms with van der Waals surface area (Å²) in [4.78, 5) is 15.5. The number of benzene rings is 1. The van der Waals surface area contributed by atoms with Crippen molar-refractivity contribution in [2.24, 2.45) is 11.7 Å². The Morgan fingerprint density at radius 3 is 2.75 bits per heavy atom. The normalized spacial score (nSPS) is 13.5. The molecule has 148 valence electrons. The molecule has 0 aliphatic carbocycles. The third-order valence-electron chi connectivity index (χ3n) is 4.24. The number of amides is 1. The van der Waals surface area contributed by atoms with Crippen LogP contribution >= 0.6 is 11.6 Å². The van der Waals surface area contributed by atoms with E-state index in [0.717, 1.165) is 16.9 Å². The van der Waals surface area contributed by atoms with Gasteiger partial charge >= 0.3 is 6.09 Å². The van der Waals surface area contributed by atoms with Crippen LogP contribution in [0.4, 0.5) is 4.79 Å². The van der Waals surface area contributed by atoms with E-state index in [2.05, 4.69) is 10.1 Å². The molecule has 2 heterocycles. The van der Waals surface area contributed by atoms with Crippen molar-refractivity contribution in [3.05, 3.63) is 47.7 Å². The lowest BCUT2D eigenvalue weighted by molar-refractivity contribution is -0.0185. The molecule has 7 nitrogen and oxygen atoms in total. The second-order valence-corrected chi connectivity index (χ2v) is 7.74. The third kappa shape index (κ3) is 4.54. The molecule has 0 fully saturated rings. The number of halogens is 1. The standard InChI is InChI=1S/C20H23ClN4O3/c1-13(2)11-20(3,28-19(22)26)12-27-17-5-4-14(10-15(17)21)16-6-8-23-18-7-9-24-25(16)18/h4-10,13H,11-12H2,1-3H3,(H2,22,26). The van der Waals surface area contributed by atoms with E-state index < -0.39 is 11.7 Å². The minimum atomic E-state index is -0.839. The number of primary amides is 1. The summed E-state index contributed by atoms with van der Waals surface area (Å²) in [6.07, 6.45) is 3.21. The highest BCUT2D eigenvalue weighted by Gasteiger charge is 2.30. The van der Waals surface area contributed by atoms with Crippen LogP contribution < -0.4 is 10.5 Å². The molecule has 0 saturated heterocycles. The number of hydrogen-bond acceptors (Lipinski definition) is 5. The van der Waals surface area contributed by atoms with Crippen LogP contribution in [-0.2, 0) is 4.74 Å². The summed E-state index contributed by atoms with van der Waals surface area (Å²) < 4.78 is 12.9. The third-order valence-corrected chi connectivity index (χ3v) is 4.53. The first kappa shape index (κ1) is 19.9. The number of aromatic nitrogens is 3. The van der Waals surface area contributed by atoms with Crippen LogP contribution in [0.2, 0.25) is 5.02 Å². The number of carbonyl (C=O) groups excluding carboxylic acids is 1. The van der Waals surface area contributed by atoms with Gasteiger partial charge < -0.3 is 15.2 Å². The first-order valence-electron chi connectivity index (χ1n) is 8.97. The number of ether oxygens (including phenoxy) is 2. The second kappa shape index (κ2) is 8.06. The highest BCUT2D eigenvalue weighted by atomic mass is 35.5. The smallest absolute Gasteiger partial charge is 0.405 e. The van der Waals surface area contributed by atoms with Gasteiger partial charge in [0.05, 0.1) is 16.9 Å². The topological polar surface area (TPSA) is 91.7 Å². The van der Waals surface area contributed by atoms with E-state index in [-0.39, 0.29) is 6.61 Å². The largest absolute Gasteiger partial charge is 0.488 e. The van der Waals surface area contributed by atoms with Crippen molar-refractivity contribution in [3.63, 3.8) is 0 Å². The molecule has 0 radical (unpaired) electrons. The van der Waals surface area contributed by atoms with Crippen molar-refractivity contribution in [3.8, 4) is 17.0 Å². The molecule has 0 aliphatic heterocycles. The number of hydrogen-bond donors (Lipinski definition) is 1. The van der Waals surface area contributed by atoms with Gasteiger partial charge in [-0.1, -0.05) is 25.4 Å². The van der Waals surface area contributed by atoms with Crippen LogP contribution in [0.1, 0.15) is 27.2 Å². The quantitative estimate of drug-likeness (QED) is 0.635. The minimum absolute atomic E-state index is 0.145. The predicted octanol–water partition coefficient (Wildman–Crippen LogP) is 4.33. The van der Waals surface area contributed by atoms with Crippen molar-refractivity contribution in [1.82, 2.24) is 14.6 Å². The van der Waals surface area contributed by atoms with Crippen molar-refractivity contribution in [2.75, 3.05) is 6.61 Å². The molecule has 3 aromatic rings. The number of carbonyl (C=O) groups is 1. The van der Waals surface area contributed by atoms with Gasteiger partial charge in [-0.15, -0.1) is 0 Å². The van der Waals surface area contributed by atoms with E-state index in [1.54, 1.807) is 29.9 Å². The summed E-state index contributed by atoms with van der Waals surface area (Å²) in [5.74, 6) is 0.799. The van der Waals surface area contributed by atoms with Crippen molar-refractivity contribution < 1.29 is 14.3 Å². The molecule has 1 atom stereocenters. The van der Waals surface area contributed by atoms with E-state index >= 15 is 0 Å². The molecule has 8 heteroatoms. The summed E-state index contributed by atoms with van der Waals surface area (Å²) in [6.45, 7) is 6.02. The van der Waals surface area contributed by atoms with Gasteiger partial charge in [-0.2, -0.15) is 5.10 Å². The van der Waals surface area contributed by atoms with Gasteiger partial charge in [0.2, 0.25) is 0 Å². The molecule has 0 spiro atoms. The fraction of sp³-hybridized carbons (Fsp3) is 0.350. The molecule has 0 aliphatic rings. The van der Waals surface area contributed by atoms with E-state index in [1.165, 1.54) is 0 Å². The lowest BCUT2D eigenvalue weighted by Crippen LogP contribution is -2.41. The average Bonchev–Trinajstić information content (AvgIpc) is 3.08. The number of rotatable bonds is 7. The lowest BCUT2D eigenvalue weighted by Gasteiger charge is -2.30. The Bertz CT molecular complexity index is 988. The first-order valence-corrected chi connectivity index (χ1v) is 9.35. The summed E-state index contributed by atoms with van der Waals surface area (Å²) in [5.41, 5.74) is 6.88. The van der Waals surface area contributed by atoms with Crippen molar-refractivity contribution in [2.45, 2.75) is 32.8 Å². The summed E-state index contributed by atoms with van der Waals surface area (Å²) in [7, 11) is 0. The molecule has 3 rings (SSSR count). The molecule has 1 unspecified atom stereocenters. The maximum atomic E-state index is 11.3. The molecule has 28 heavy (non-hydrogen) atoms. The Morgan fingerprint density at radius 2 is 2.07 bits per heavy atom. The van der Waals surface area contributed by atoms with Crippen LogP contribution in [0.25, 0.3) is 16.9 Å². The van der Waals surface area contributed by atoms with E-state index in [1.807, 2.05) is 38.1 Å². The highest BCUT2D eigenvalue weighted by molar-refractivity contribution is 6.32. The molecular formula is C20H23ClN4O3. The summed E-state index contributed by atoms with van der Waals surface area (Å²) in [5, 5.41) is 4.74. The molecule has 1 amide bonds. The fourth-order valence-electron chi connectivity index (χ4n) is 3.30. The summed E-state index contributed by atoms with van der Waals surface area (Å²) in [6, 6.07) is 9.19. The Morgan fingerprint density at radius 1 is 1.29 bits per heavy atom. The maximum Gasteiger partial charge on any atom is 0.405 e. The molecule has 0 bridgehead atoms. The average molecular weight is 403 g/mol. The maximum absolute atomic E-state index is 11.3. The van der Waals surface area contributed by atoms with Gasteiger partial charge in [0.1, 0.15) is 18.0 Å². The Labute approximate surface area is 168 Å². The zero-order valence-corrected chi connectivity index (χ0v) is 16.8. The van der Waals surface area contributed by atoms with Crippen molar-refractivity contribution >= 4 is 23.3 Å². The molecule has 2 N–H and O–H groups in total. The SMILES string of the molecule is CC(C)CC(C)(COc1ccc(-c2ccnc3ccnn23)cc1Cl)OC(N)=O. The Balaban J connectivity index is 1.81. The molecule has 0 saturated carbocycles. The number of nitrogens with two attached hydrogens (primary N) is 1. The Kier molecular flexibility index (Phi) is 5.74. The zero-order chi connectivity index (χ0) is 20.3. The van der Waals surface area contributed by atoms with E-state index in [9.17, 15) is 4.79 Å². The highest BCUT2D eigenvalue weighted by Crippen LogP contribution is 2.32. The van der Waals surface area contributed by atoms with Gasteiger partial charge in [0.15, 0.2) is 5.65 Å². The second-order valence-electron chi connectivity index (χ2n) is 7.33. The number of fused-ring (bicyclic) bond motifs is 1. The Hall–Kier alpha value is -2.80. The fourth-order valence-corrected chi connectivity index (χ4v) is 3.53. The van der Waals surface area contributed by atoms with E-state index in [4.69, 9.17) is 26.8 Å². The molecular weight excluding hydrogens is 380 g/mol. The van der Waals surface area contributed by atoms with Crippen molar-refractivity contribution in [1.29, 1.82) is 0 Å². The van der Waals surface area contributed by atoms with Gasteiger partial charge in [0.25, 0.3) is 0 Å². The van der Waals surface area contributed by atoms with Crippen LogP contribution in [0.3, 0.4) is 0 Å². The summed E-state index contributed by atoms with van der Waals surface area (Å²) >= 11 is 6.44. The molecule has 1 aromatic carbocycles. The molecule has 2 aromatic heterocycles. The first-order chi connectivity index (χ1) is 13.3. The van der Waals surface area contributed by atoms with Crippen LogP contribution in [0, 0.1) is 5.92 Å².